The highest BCUT2D eigenvalue weighted by atomic mass is 16.1. The smallest absolute Gasteiger partial charge is 0.137 e. The molecule has 0 aliphatic heterocycles. The van der Waals surface area contributed by atoms with E-state index in [0.717, 1.165) is 6.42 Å². The van der Waals surface area contributed by atoms with E-state index in [1.54, 1.807) is 0 Å². The number of benzene rings is 1. The molecule has 0 atom stereocenters. The number of H-pyrrole nitrogens is 1. The average Bonchev–Trinajstić information content (AvgIpc) is 2.73. The molecule has 1 aromatic heterocycles. The van der Waals surface area contributed by atoms with Gasteiger partial charge in [0.25, 0.3) is 0 Å². The molecule has 3 rings (SSSR count). The minimum absolute atomic E-state index is 0.351. The molecule has 0 amide bonds. The molecule has 1 aromatic carbocycles. The van der Waals surface area contributed by atoms with Crippen molar-refractivity contribution >= 4 is 22.3 Å². The van der Waals surface area contributed by atoms with Crippen molar-refractivity contribution in [3.63, 3.8) is 0 Å². The third-order valence-corrected chi connectivity index (χ3v) is 3.43. The second-order valence-electron chi connectivity index (χ2n) is 4.72. The summed E-state index contributed by atoms with van der Waals surface area (Å²) >= 11 is 0. The zero-order valence-electron chi connectivity index (χ0n) is 9.92. The van der Waals surface area contributed by atoms with E-state index in [1.165, 1.54) is 27.6 Å². The summed E-state index contributed by atoms with van der Waals surface area (Å²) in [6.45, 7) is 2.10. The molecule has 2 aromatic rings. The number of allylic oxidation sites excluding steroid dienone is 2. The first kappa shape index (κ1) is 10.3. The second-order valence-corrected chi connectivity index (χ2v) is 4.72. The van der Waals surface area contributed by atoms with E-state index < -0.39 is 0 Å². The van der Waals surface area contributed by atoms with Gasteiger partial charge in [-0.2, -0.15) is 0 Å². The molecule has 0 saturated heterocycles. The van der Waals surface area contributed by atoms with Gasteiger partial charge in [-0.05, 0) is 30.5 Å². The topological polar surface area (TPSA) is 32.9 Å². The van der Waals surface area contributed by atoms with E-state index in [4.69, 9.17) is 0 Å². The zero-order chi connectivity index (χ0) is 11.8. The summed E-state index contributed by atoms with van der Waals surface area (Å²) in [6.07, 6.45) is 6.29. The average molecular weight is 225 g/mol. The van der Waals surface area contributed by atoms with Crippen LogP contribution >= 0.6 is 0 Å². The second kappa shape index (κ2) is 3.88. The zero-order valence-corrected chi connectivity index (χ0v) is 9.92. The Morgan fingerprint density at radius 1 is 1.24 bits per heavy atom. The van der Waals surface area contributed by atoms with Crippen molar-refractivity contribution in [2.24, 2.45) is 0 Å². The van der Waals surface area contributed by atoms with Crippen LogP contribution in [0.4, 0.5) is 0 Å². The van der Waals surface area contributed by atoms with Crippen LogP contribution in [0.3, 0.4) is 0 Å². The molecule has 1 aliphatic rings. The SMILES string of the molecule is Cc1ccc2c(C3=CCC(=O)CC3)c[nH]c2c1. The summed E-state index contributed by atoms with van der Waals surface area (Å²) < 4.78 is 0. The van der Waals surface area contributed by atoms with Gasteiger partial charge in [0.2, 0.25) is 0 Å². The predicted molar refractivity (Wildman–Crippen MR) is 69.9 cm³/mol. The highest BCUT2D eigenvalue weighted by Gasteiger charge is 2.14. The van der Waals surface area contributed by atoms with Crippen LogP contribution in [0.15, 0.2) is 30.5 Å². The van der Waals surface area contributed by atoms with E-state index in [-0.39, 0.29) is 0 Å². The van der Waals surface area contributed by atoms with Crippen LogP contribution in [0.1, 0.15) is 30.4 Å². The van der Waals surface area contributed by atoms with E-state index >= 15 is 0 Å². The molecule has 0 fully saturated rings. The first-order valence-corrected chi connectivity index (χ1v) is 6.03. The molecule has 0 radical (unpaired) electrons. The van der Waals surface area contributed by atoms with Crippen LogP contribution in [0.2, 0.25) is 0 Å². The van der Waals surface area contributed by atoms with Crippen molar-refractivity contribution in [3.8, 4) is 0 Å². The van der Waals surface area contributed by atoms with Gasteiger partial charge in [-0.15, -0.1) is 0 Å². The van der Waals surface area contributed by atoms with Crippen molar-refractivity contribution in [3.05, 3.63) is 41.6 Å². The third kappa shape index (κ3) is 1.80. The molecular formula is C15H15NO. The van der Waals surface area contributed by atoms with Gasteiger partial charge in [0.15, 0.2) is 0 Å². The number of hydrogen-bond acceptors (Lipinski definition) is 1. The summed E-state index contributed by atoms with van der Waals surface area (Å²) in [5.41, 5.74) is 5.00. The minimum Gasteiger partial charge on any atom is -0.361 e. The fourth-order valence-corrected chi connectivity index (χ4v) is 2.47. The number of hydrogen-bond donors (Lipinski definition) is 1. The Kier molecular flexibility index (Phi) is 2.36. The Morgan fingerprint density at radius 2 is 2.12 bits per heavy atom. The van der Waals surface area contributed by atoms with Crippen LogP contribution in [0.25, 0.3) is 16.5 Å². The van der Waals surface area contributed by atoms with Crippen molar-refractivity contribution in [1.82, 2.24) is 4.98 Å². The number of fused-ring (bicyclic) bond motifs is 1. The standard InChI is InChI=1S/C15H15NO/c1-10-2-7-13-14(9-16-15(13)8-10)11-3-5-12(17)6-4-11/h2-3,7-9,16H,4-6H2,1H3. The molecule has 0 spiro atoms. The fourth-order valence-electron chi connectivity index (χ4n) is 2.47. The Balaban J connectivity index is 2.09. The van der Waals surface area contributed by atoms with Gasteiger partial charge < -0.3 is 4.98 Å². The molecule has 1 heterocycles. The highest BCUT2D eigenvalue weighted by molar-refractivity contribution is 5.96. The Labute approximate surface area is 100 Å². The first-order chi connectivity index (χ1) is 8.24. The summed E-state index contributed by atoms with van der Waals surface area (Å²) in [7, 11) is 0. The number of Topliss-reactive ketones (excluding diaryl/α,β-unsaturated/α-hetero) is 1. The number of nitrogens with one attached hydrogen (secondary N) is 1. The fraction of sp³-hybridized carbons (Fsp3) is 0.267. The predicted octanol–water partition coefficient (Wildman–Crippen LogP) is 3.61. The molecule has 2 heteroatoms. The van der Waals surface area contributed by atoms with Crippen LogP contribution in [-0.4, -0.2) is 10.8 Å². The molecule has 0 bridgehead atoms. The van der Waals surface area contributed by atoms with E-state index in [0.29, 0.717) is 18.6 Å². The van der Waals surface area contributed by atoms with Gasteiger partial charge in [-0.25, -0.2) is 0 Å². The summed E-state index contributed by atoms with van der Waals surface area (Å²) in [4.78, 5) is 14.5. The normalized spacial score (nSPS) is 16.3. The molecule has 1 N–H and O–H groups in total. The number of ketones is 1. The monoisotopic (exact) mass is 225 g/mol. The summed E-state index contributed by atoms with van der Waals surface area (Å²) in [6, 6.07) is 6.45. The lowest BCUT2D eigenvalue weighted by Crippen LogP contribution is -2.02. The summed E-state index contributed by atoms with van der Waals surface area (Å²) in [5.74, 6) is 0.351. The van der Waals surface area contributed by atoms with Gasteiger partial charge >= 0.3 is 0 Å². The van der Waals surface area contributed by atoms with Crippen molar-refractivity contribution < 1.29 is 4.79 Å². The lowest BCUT2D eigenvalue weighted by Gasteiger charge is -2.11. The Morgan fingerprint density at radius 3 is 2.88 bits per heavy atom. The number of carbonyl (C=O) groups excluding carboxylic acids is 1. The highest BCUT2D eigenvalue weighted by Crippen LogP contribution is 2.31. The molecule has 0 saturated carbocycles. The van der Waals surface area contributed by atoms with Crippen molar-refractivity contribution in [2.45, 2.75) is 26.2 Å². The van der Waals surface area contributed by atoms with Gasteiger partial charge in [0, 0.05) is 35.5 Å². The lowest BCUT2D eigenvalue weighted by molar-refractivity contribution is -0.118. The van der Waals surface area contributed by atoms with Crippen LogP contribution in [-0.2, 0) is 4.79 Å². The van der Waals surface area contributed by atoms with Gasteiger partial charge in [0.05, 0.1) is 0 Å². The molecule has 0 unspecified atom stereocenters. The number of aromatic nitrogens is 1. The Hall–Kier alpha value is -1.83. The molecule has 17 heavy (non-hydrogen) atoms. The van der Waals surface area contributed by atoms with Crippen LogP contribution in [0, 0.1) is 6.92 Å². The van der Waals surface area contributed by atoms with Gasteiger partial charge in [0.1, 0.15) is 5.78 Å². The third-order valence-electron chi connectivity index (χ3n) is 3.43. The number of rotatable bonds is 1. The van der Waals surface area contributed by atoms with Crippen LogP contribution in [0.5, 0.6) is 0 Å². The van der Waals surface area contributed by atoms with E-state index in [9.17, 15) is 4.79 Å². The number of carbonyl (C=O) groups is 1. The molecule has 86 valence electrons. The number of aryl methyl sites for hydroxylation is 1. The summed E-state index contributed by atoms with van der Waals surface area (Å²) in [5, 5.41) is 1.26. The van der Waals surface area contributed by atoms with Gasteiger partial charge in [-0.3, -0.25) is 4.79 Å². The maximum Gasteiger partial charge on any atom is 0.137 e. The van der Waals surface area contributed by atoms with E-state index in [1.807, 2.05) is 0 Å². The maximum absolute atomic E-state index is 11.2. The quantitative estimate of drug-likeness (QED) is 0.790. The van der Waals surface area contributed by atoms with Crippen molar-refractivity contribution in [2.75, 3.05) is 0 Å². The largest absolute Gasteiger partial charge is 0.361 e. The van der Waals surface area contributed by atoms with Crippen molar-refractivity contribution in [1.29, 1.82) is 0 Å². The lowest BCUT2D eigenvalue weighted by atomic mass is 9.92. The molecule has 2 nitrogen and oxygen atoms in total. The van der Waals surface area contributed by atoms with Gasteiger partial charge in [-0.1, -0.05) is 18.2 Å². The first-order valence-electron chi connectivity index (χ1n) is 6.03. The van der Waals surface area contributed by atoms with E-state index in [2.05, 4.69) is 42.4 Å². The Bertz CT molecular complexity index is 619. The maximum atomic E-state index is 11.2. The molecular weight excluding hydrogens is 210 g/mol. The minimum atomic E-state index is 0.351. The van der Waals surface area contributed by atoms with Crippen LogP contribution < -0.4 is 0 Å². The molecule has 1 aliphatic carbocycles. The number of aromatic amines is 1.